The molecule has 0 atom stereocenters. The number of hydrogen-bond acceptors (Lipinski definition) is 5. The maximum Gasteiger partial charge on any atom is 0.271 e. The van der Waals surface area contributed by atoms with E-state index in [2.05, 4.69) is 20.7 Å². The van der Waals surface area contributed by atoms with Gasteiger partial charge in [0.05, 0.1) is 15.5 Å². The summed E-state index contributed by atoms with van der Waals surface area (Å²) in [7, 11) is -3.99. The van der Waals surface area contributed by atoms with Gasteiger partial charge in [-0.2, -0.15) is 0 Å². The van der Waals surface area contributed by atoms with Crippen LogP contribution in [-0.4, -0.2) is 18.4 Å². The molecule has 2 aromatic rings. The molecule has 2 aromatic carbocycles. The average molecular weight is 387 g/mol. The van der Waals surface area contributed by atoms with Crippen LogP contribution in [0.1, 0.15) is 5.56 Å². The van der Waals surface area contributed by atoms with Gasteiger partial charge in [0.2, 0.25) is 0 Å². The quantitative estimate of drug-likeness (QED) is 0.476. The van der Waals surface area contributed by atoms with Gasteiger partial charge in [0.1, 0.15) is 5.75 Å². The number of non-ortho nitro benzene ring substituents is 1. The Bertz CT molecular complexity index is 852. The molecule has 0 unspecified atom stereocenters. The van der Waals surface area contributed by atoms with Crippen molar-refractivity contribution in [3.8, 4) is 5.75 Å². The van der Waals surface area contributed by atoms with Crippen LogP contribution in [0, 0.1) is 17.0 Å². The summed E-state index contributed by atoms with van der Waals surface area (Å²) in [5.41, 5.74) is -0.0874. The fraction of sp³-hybridized carbons (Fsp3) is 0.0769. The van der Waals surface area contributed by atoms with Gasteiger partial charge < -0.3 is 5.11 Å². The van der Waals surface area contributed by atoms with Crippen LogP contribution < -0.4 is 4.72 Å². The predicted molar refractivity (Wildman–Crippen MR) is 84.4 cm³/mol. The van der Waals surface area contributed by atoms with Gasteiger partial charge in [0, 0.05) is 16.6 Å². The Morgan fingerprint density at radius 1 is 1.23 bits per heavy atom. The molecular formula is C13H11BrN2O5S. The molecule has 0 saturated carbocycles. The molecule has 0 radical (unpaired) electrons. The Kier molecular flexibility index (Phi) is 4.38. The fourth-order valence-electron chi connectivity index (χ4n) is 1.78. The number of nitro benzene ring substituents is 1. The van der Waals surface area contributed by atoms with Crippen molar-refractivity contribution in [3.05, 3.63) is 56.5 Å². The van der Waals surface area contributed by atoms with Crippen LogP contribution in [0.4, 0.5) is 11.4 Å². The highest BCUT2D eigenvalue weighted by molar-refractivity contribution is 9.10. The lowest BCUT2D eigenvalue weighted by molar-refractivity contribution is -0.384. The number of aryl methyl sites for hydroxylation is 1. The van der Waals surface area contributed by atoms with Crippen LogP contribution in [0.15, 0.2) is 45.8 Å². The lowest BCUT2D eigenvalue weighted by Gasteiger charge is -2.11. The van der Waals surface area contributed by atoms with Gasteiger partial charge >= 0.3 is 0 Å². The lowest BCUT2D eigenvalue weighted by Crippen LogP contribution is -2.14. The molecule has 0 aromatic heterocycles. The maximum atomic E-state index is 12.4. The Balaban J connectivity index is 2.47. The third kappa shape index (κ3) is 3.37. The van der Waals surface area contributed by atoms with Gasteiger partial charge in [0.15, 0.2) is 0 Å². The molecule has 116 valence electrons. The number of nitrogens with zero attached hydrogens (tertiary/aromatic N) is 1. The molecule has 22 heavy (non-hydrogen) atoms. The standard InChI is InChI=1S/C13H11BrN2O5S/c1-8-2-3-9(14)6-13(8)22(20,21)15-11-7-10(16(18)19)4-5-12(11)17/h2-7,15,17H,1H3. The van der Waals surface area contributed by atoms with Crippen molar-refractivity contribution >= 4 is 37.3 Å². The second-order valence-electron chi connectivity index (χ2n) is 4.47. The largest absolute Gasteiger partial charge is 0.506 e. The number of hydrogen-bond donors (Lipinski definition) is 2. The van der Waals surface area contributed by atoms with E-state index >= 15 is 0 Å². The average Bonchev–Trinajstić information content (AvgIpc) is 2.43. The third-order valence-electron chi connectivity index (χ3n) is 2.87. The van der Waals surface area contributed by atoms with E-state index in [4.69, 9.17) is 0 Å². The van der Waals surface area contributed by atoms with Crippen LogP contribution in [0.3, 0.4) is 0 Å². The molecule has 0 fully saturated rings. The van der Waals surface area contributed by atoms with Gasteiger partial charge in [-0.05, 0) is 30.7 Å². The Morgan fingerprint density at radius 3 is 2.55 bits per heavy atom. The molecule has 2 rings (SSSR count). The number of rotatable bonds is 4. The molecule has 0 aliphatic heterocycles. The van der Waals surface area contributed by atoms with E-state index in [1.54, 1.807) is 19.1 Å². The SMILES string of the molecule is Cc1ccc(Br)cc1S(=O)(=O)Nc1cc([N+](=O)[O-])ccc1O. The Hall–Kier alpha value is -2.13. The number of aromatic hydroxyl groups is 1. The molecule has 9 heteroatoms. The van der Waals surface area contributed by atoms with Crippen molar-refractivity contribution in [2.45, 2.75) is 11.8 Å². The molecule has 0 aliphatic rings. The summed E-state index contributed by atoms with van der Waals surface area (Å²) in [5.74, 6) is -0.401. The highest BCUT2D eigenvalue weighted by atomic mass is 79.9. The van der Waals surface area contributed by atoms with Crippen molar-refractivity contribution in [2.24, 2.45) is 0 Å². The van der Waals surface area contributed by atoms with E-state index in [0.717, 1.165) is 18.2 Å². The first-order valence-corrected chi connectivity index (χ1v) is 8.25. The van der Waals surface area contributed by atoms with Gasteiger partial charge in [0.25, 0.3) is 15.7 Å². The third-order valence-corrected chi connectivity index (χ3v) is 4.88. The number of phenolic OH excluding ortho intramolecular Hbond substituents is 1. The number of nitrogens with one attached hydrogen (secondary N) is 1. The Morgan fingerprint density at radius 2 is 1.91 bits per heavy atom. The minimum absolute atomic E-state index is 0.00720. The van der Waals surface area contributed by atoms with E-state index in [9.17, 15) is 23.6 Å². The maximum absolute atomic E-state index is 12.4. The van der Waals surface area contributed by atoms with Crippen molar-refractivity contribution < 1.29 is 18.4 Å². The van der Waals surface area contributed by atoms with E-state index in [0.29, 0.717) is 10.0 Å². The molecule has 2 N–H and O–H groups in total. The van der Waals surface area contributed by atoms with E-state index < -0.39 is 20.7 Å². The highest BCUT2D eigenvalue weighted by Gasteiger charge is 2.20. The Labute approximate surface area is 134 Å². The van der Waals surface area contributed by atoms with E-state index in [-0.39, 0.29) is 16.3 Å². The molecule has 0 heterocycles. The van der Waals surface area contributed by atoms with E-state index in [1.165, 1.54) is 6.07 Å². The summed E-state index contributed by atoms with van der Waals surface area (Å²) in [4.78, 5) is 10.1. The minimum Gasteiger partial charge on any atom is -0.506 e. The summed E-state index contributed by atoms with van der Waals surface area (Å²) >= 11 is 3.19. The first-order chi connectivity index (χ1) is 10.2. The molecule has 0 bridgehead atoms. The summed E-state index contributed by atoms with van der Waals surface area (Å²) in [6.45, 7) is 1.62. The molecular weight excluding hydrogens is 376 g/mol. The summed E-state index contributed by atoms with van der Waals surface area (Å²) in [6, 6.07) is 7.82. The number of halogens is 1. The second kappa shape index (κ2) is 5.93. The van der Waals surface area contributed by atoms with Crippen molar-refractivity contribution in [2.75, 3.05) is 4.72 Å². The minimum atomic E-state index is -3.99. The zero-order chi connectivity index (χ0) is 16.5. The van der Waals surface area contributed by atoms with Gasteiger partial charge in [-0.15, -0.1) is 0 Å². The van der Waals surface area contributed by atoms with Crippen LogP contribution in [0.5, 0.6) is 5.75 Å². The smallest absolute Gasteiger partial charge is 0.271 e. The van der Waals surface area contributed by atoms with Crippen molar-refractivity contribution in [1.29, 1.82) is 0 Å². The predicted octanol–water partition coefficient (Wildman–Crippen LogP) is 3.17. The van der Waals surface area contributed by atoms with Crippen LogP contribution >= 0.6 is 15.9 Å². The zero-order valence-electron chi connectivity index (χ0n) is 11.3. The molecule has 0 saturated heterocycles. The summed E-state index contributed by atoms with van der Waals surface area (Å²) in [5, 5.41) is 20.4. The number of sulfonamides is 1. The topological polar surface area (TPSA) is 110 Å². The number of anilines is 1. The second-order valence-corrected chi connectivity index (χ2v) is 7.04. The molecule has 0 amide bonds. The molecule has 7 nitrogen and oxygen atoms in total. The van der Waals surface area contributed by atoms with Crippen molar-refractivity contribution in [1.82, 2.24) is 0 Å². The van der Waals surface area contributed by atoms with Crippen LogP contribution in [-0.2, 0) is 10.0 Å². The summed E-state index contributed by atoms with van der Waals surface area (Å²) in [6.07, 6.45) is 0. The molecule has 0 spiro atoms. The molecule has 0 aliphatic carbocycles. The monoisotopic (exact) mass is 386 g/mol. The van der Waals surface area contributed by atoms with Gasteiger partial charge in [-0.25, -0.2) is 8.42 Å². The first-order valence-electron chi connectivity index (χ1n) is 5.97. The number of benzene rings is 2. The van der Waals surface area contributed by atoms with Gasteiger partial charge in [-0.1, -0.05) is 22.0 Å². The normalized spacial score (nSPS) is 11.2. The zero-order valence-corrected chi connectivity index (χ0v) is 13.7. The van der Waals surface area contributed by atoms with Crippen LogP contribution in [0.2, 0.25) is 0 Å². The number of nitro groups is 1. The summed E-state index contributed by atoms with van der Waals surface area (Å²) < 4.78 is 27.5. The first kappa shape index (κ1) is 16.2. The van der Waals surface area contributed by atoms with E-state index in [1.807, 2.05) is 0 Å². The lowest BCUT2D eigenvalue weighted by atomic mass is 10.2. The number of phenols is 1. The van der Waals surface area contributed by atoms with Crippen molar-refractivity contribution in [3.63, 3.8) is 0 Å². The van der Waals surface area contributed by atoms with Crippen LogP contribution in [0.25, 0.3) is 0 Å². The fourth-order valence-corrected chi connectivity index (χ4v) is 3.63. The van der Waals surface area contributed by atoms with Gasteiger partial charge in [-0.3, -0.25) is 14.8 Å². The highest BCUT2D eigenvalue weighted by Crippen LogP contribution is 2.31.